The average molecular weight is 397 g/mol. The van der Waals surface area contributed by atoms with Crippen molar-refractivity contribution in [3.05, 3.63) is 70.1 Å². The van der Waals surface area contributed by atoms with Crippen LogP contribution in [0.15, 0.2) is 42.6 Å². The summed E-state index contributed by atoms with van der Waals surface area (Å²) in [5.74, 6) is -0.150. The van der Waals surface area contributed by atoms with Crippen LogP contribution >= 0.6 is 11.6 Å². The van der Waals surface area contributed by atoms with E-state index in [2.05, 4.69) is 4.98 Å². The second-order valence-corrected chi connectivity index (χ2v) is 7.41. The van der Waals surface area contributed by atoms with Crippen molar-refractivity contribution in [1.82, 2.24) is 19.7 Å². The Kier molecular flexibility index (Phi) is 4.91. The number of halogens is 1. The minimum Gasteiger partial charge on any atom is -0.392 e. The fourth-order valence-electron chi connectivity index (χ4n) is 3.86. The van der Waals surface area contributed by atoms with Gasteiger partial charge in [-0.1, -0.05) is 23.7 Å². The summed E-state index contributed by atoms with van der Waals surface area (Å²) < 4.78 is 1.87. The molecule has 3 aromatic rings. The molecule has 0 radical (unpaired) electrons. The number of nitrogens with zero attached hydrogens (tertiary/aromatic N) is 4. The minimum absolute atomic E-state index is 0.119. The summed E-state index contributed by atoms with van der Waals surface area (Å²) in [6.07, 6.45) is 2.26. The van der Waals surface area contributed by atoms with E-state index in [-0.39, 0.29) is 18.6 Å². The number of pyridine rings is 1. The van der Waals surface area contributed by atoms with Crippen LogP contribution < -0.4 is 0 Å². The van der Waals surface area contributed by atoms with Crippen LogP contribution in [0, 0.1) is 0 Å². The molecule has 1 atom stereocenters. The summed E-state index contributed by atoms with van der Waals surface area (Å²) in [6.45, 7) is 2.45. The smallest absolute Gasteiger partial charge is 0.273 e. The molecule has 7 heteroatoms. The Bertz CT molecular complexity index is 1050. The molecule has 1 aromatic carbocycles. The zero-order chi connectivity index (χ0) is 19.8. The number of carbonyl (C=O) groups is 1. The van der Waals surface area contributed by atoms with E-state index in [1.807, 2.05) is 42.9 Å². The number of aryl methyl sites for hydroxylation is 1. The number of aromatic nitrogens is 3. The lowest BCUT2D eigenvalue weighted by atomic mass is 9.95. The molecule has 0 fully saturated rings. The summed E-state index contributed by atoms with van der Waals surface area (Å²) in [5, 5.41) is 14.7. The normalized spacial score (nSPS) is 16.1. The third-order valence-corrected chi connectivity index (χ3v) is 5.46. The molecule has 2 aromatic heterocycles. The molecule has 4 rings (SSSR count). The van der Waals surface area contributed by atoms with Gasteiger partial charge in [0.05, 0.1) is 24.0 Å². The van der Waals surface area contributed by atoms with E-state index in [0.717, 1.165) is 22.5 Å². The van der Waals surface area contributed by atoms with Crippen LogP contribution in [0.25, 0.3) is 11.3 Å². The Balaban J connectivity index is 1.68. The topological polar surface area (TPSA) is 71.2 Å². The maximum absolute atomic E-state index is 13.0. The summed E-state index contributed by atoms with van der Waals surface area (Å²) in [6, 6.07) is 10.9. The van der Waals surface area contributed by atoms with E-state index < -0.39 is 0 Å². The van der Waals surface area contributed by atoms with Crippen LogP contribution in [0.4, 0.5) is 0 Å². The second kappa shape index (κ2) is 7.37. The van der Waals surface area contributed by atoms with Crippen molar-refractivity contribution in [3.8, 4) is 11.3 Å². The molecular weight excluding hydrogens is 376 g/mol. The Hall–Kier alpha value is -2.70. The van der Waals surface area contributed by atoms with Crippen molar-refractivity contribution in [2.75, 3.05) is 6.54 Å². The molecule has 1 aliphatic rings. The number of carbonyl (C=O) groups excluding carboxylic acids is 1. The maximum atomic E-state index is 13.0. The predicted octanol–water partition coefficient (Wildman–Crippen LogP) is 3.39. The first-order chi connectivity index (χ1) is 13.5. The van der Waals surface area contributed by atoms with Crippen LogP contribution in [0.2, 0.25) is 5.02 Å². The number of hydrogen-bond donors (Lipinski definition) is 1. The highest BCUT2D eigenvalue weighted by atomic mass is 35.5. The molecule has 1 N–H and O–H groups in total. The Morgan fingerprint density at radius 3 is 2.89 bits per heavy atom. The van der Waals surface area contributed by atoms with Crippen LogP contribution in [-0.2, 0) is 20.1 Å². The van der Waals surface area contributed by atoms with Crippen LogP contribution in [0.1, 0.15) is 40.3 Å². The van der Waals surface area contributed by atoms with E-state index in [9.17, 15) is 9.90 Å². The molecule has 3 heterocycles. The second-order valence-electron chi connectivity index (χ2n) is 6.98. The van der Waals surface area contributed by atoms with E-state index in [1.54, 1.807) is 23.2 Å². The first-order valence-corrected chi connectivity index (χ1v) is 9.56. The van der Waals surface area contributed by atoms with E-state index in [0.29, 0.717) is 29.2 Å². The number of amides is 1. The molecule has 0 bridgehead atoms. The number of aliphatic hydroxyl groups is 1. The third kappa shape index (κ3) is 3.19. The predicted molar refractivity (Wildman–Crippen MR) is 107 cm³/mol. The van der Waals surface area contributed by atoms with Gasteiger partial charge in [0.1, 0.15) is 5.69 Å². The van der Waals surface area contributed by atoms with Crippen molar-refractivity contribution >= 4 is 17.5 Å². The fraction of sp³-hybridized carbons (Fsp3) is 0.286. The van der Waals surface area contributed by atoms with Gasteiger partial charge >= 0.3 is 0 Å². The van der Waals surface area contributed by atoms with Gasteiger partial charge in [-0.15, -0.1) is 0 Å². The van der Waals surface area contributed by atoms with Gasteiger partial charge in [0.2, 0.25) is 0 Å². The van der Waals surface area contributed by atoms with Gasteiger partial charge in [0, 0.05) is 35.9 Å². The molecule has 0 aliphatic carbocycles. The van der Waals surface area contributed by atoms with Crippen LogP contribution in [-0.4, -0.2) is 37.2 Å². The van der Waals surface area contributed by atoms with Gasteiger partial charge in [-0.25, -0.2) is 0 Å². The van der Waals surface area contributed by atoms with Crippen molar-refractivity contribution in [2.24, 2.45) is 7.05 Å². The van der Waals surface area contributed by atoms with Crippen LogP contribution in [0.3, 0.4) is 0 Å². The lowest BCUT2D eigenvalue weighted by Crippen LogP contribution is -2.39. The Morgan fingerprint density at radius 1 is 1.32 bits per heavy atom. The Labute approximate surface area is 168 Å². The molecule has 28 heavy (non-hydrogen) atoms. The first-order valence-electron chi connectivity index (χ1n) is 9.18. The Morgan fingerprint density at radius 2 is 2.14 bits per heavy atom. The highest BCUT2D eigenvalue weighted by Crippen LogP contribution is 2.36. The summed E-state index contributed by atoms with van der Waals surface area (Å²) in [5.41, 5.74) is 5.12. The highest BCUT2D eigenvalue weighted by molar-refractivity contribution is 6.30. The maximum Gasteiger partial charge on any atom is 0.273 e. The third-order valence-electron chi connectivity index (χ3n) is 5.23. The number of benzene rings is 1. The van der Waals surface area contributed by atoms with Gasteiger partial charge in [0.15, 0.2) is 0 Å². The molecule has 0 saturated heterocycles. The number of hydrogen-bond acceptors (Lipinski definition) is 4. The van der Waals surface area contributed by atoms with Gasteiger partial charge < -0.3 is 10.0 Å². The largest absolute Gasteiger partial charge is 0.392 e. The lowest BCUT2D eigenvalue weighted by Gasteiger charge is -2.32. The number of rotatable bonds is 3. The summed E-state index contributed by atoms with van der Waals surface area (Å²) in [4.78, 5) is 19.0. The summed E-state index contributed by atoms with van der Waals surface area (Å²) >= 11 is 6.18. The van der Waals surface area contributed by atoms with Gasteiger partial charge in [-0.2, -0.15) is 5.10 Å². The lowest BCUT2D eigenvalue weighted by molar-refractivity contribution is 0.0667. The molecular formula is C21H21ClN4O2. The zero-order valence-corrected chi connectivity index (χ0v) is 16.5. The van der Waals surface area contributed by atoms with Crippen molar-refractivity contribution in [1.29, 1.82) is 0 Å². The SMILES string of the molecule is CC1c2nn(C)c(-c3cccc(Cl)c3)c2CCN1C(=O)c1cc(CO)ccn1. The van der Waals surface area contributed by atoms with Gasteiger partial charge in [-0.3, -0.25) is 14.5 Å². The molecule has 0 spiro atoms. The quantitative estimate of drug-likeness (QED) is 0.736. The van der Waals surface area contributed by atoms with E-state index in [4.69, 9.17) is 16.7 Å². The average Bonchev–Trinajstić information content (AvgIpc) is 3.04. The van der Waals surface area contributed by atoms with Crippen molar-refractivity contribution in [3.63, 3.8) is 0 Å². The van der Waals surface area contributed by atoms with Gasteiger partial charge in [0.25, 0.3) is 5.91 Å². The van der Waals surface area contributed by atoms with E-state index >= 15 is 0 Å². The highest BCUT2D eigenvalue weighted by Gasteiger charge is 2.33. The van der Waals surface area contributed by atoms with Crippen LogP contribution in [0.5, 0.6) is 0 Å². The minimum atomic E-state index is -0.171. The molecule has 6 nitrogen and oxygen atoms in total. The fourth-order valence-corrected chi connectivity index (χ4v) is 4.05. The first kappa shape index (κ1) is 18.7. The van der Waals surface area contributed by atoms with Crippen molar-refractivity contribution in [2.45, 2.75) is 26.0 Å². The van der Waals surface area contributed by atoms with Gasteiger partial charge in [-0.05, 0) is 43.2 Å². The van der Waals surface area contributed by atoms with E-state index in [1.165, 1.54) is 0 Å². The molecule has 144 valence electrons. The molecule has 1 amide bonds. The zero-order valence-electron chi connectivity index (χ0n) is 15.8. The molecule has 0 saturated carbocycles. The van der Waals surface area contributed by atoms with Crippen molar-refractivity contribution < 1.29 is 9.90 Å². The number of fused-ring (bicyclic) bond motifs is 1. The summed E-state index contributed by atoms with van der Waals surface area (Å²) in [7, 11) is 1.92. The molecule has 1 unspecified atom stereocenters. The molecule has 1 aliphatic heterocycles. The number of aliphatic hydroxyl groups excluding tert-OH is 1. The standard InChI is InChI=1S/C21H21ClN4O2/c1-13-19-17(20(25(2)24-19)15-4-3-5-16(22)11-15)7-9-26(13)21(28)18-10-14(12-27)6-8-23-18/h3-6,8,10-11,13,27H,7,9,12H2,1-2H3. The monoisotopic (exact) mass is 396 g/mol.